The van der Waals surface area contributed by atoms with E-state index in [-0.39, 0.29) is 12.2 Å². The molecule has 1 N–H and O–H groups in total. The molecule has 4 heterocycles. The van der Waals surface area contributed by atoms with Crippen LogP contribution in [0.3, 0.4) is 0 Å². The molecule has 0 radical (unpaired) electrons. The van der Waals surface area contributed by atoms with E-state index in [0.717, 1.165) is 17.0 Å². The van der Waals surface area contributed by atoms with Gasteiger partial charge in [0.05, 0.1) is 37.3 Å². The first-order chi connectivity index (χ1) is 19.4. The maximum Gasteiger partial charge on any atom is 0.272 e. The van der Waals surface area contributed by atoms with Gasteiger partial charge in [-0.25, -0.2) is 19.1 Å². The predicted molar refractivity (Wildman–Crippen MR) is 149 cm³/mol. The highest BCUT2D eigenvalue weighted by Crippen LogP contribution is 2.26. The summed E-state index contributed by atoms with van der Waals surface area (Å²) in [6.07, 6.45) is 9.13. The van der Waals surface area contributed by atoms with Crippen LogP contribution >= 0.6 is 0 Å². The van der Waals surface area contributed by atoms with Gasteiger partial charge in [-0.2, -0.15) is 5.10 Å². The fraction of sp³-hybridized carbons (Fsp3) is 0.276. The molecule has 11 nitrogen and oxygen atoms in total. The molecule has 11 heteroatoms. The first kappa shape index (κ1) is 26.5. The summed E-state index contributed by atoms with van der Waals surface area (Å²) >= 11 is 0. The topological polar surface area (TPSA) is 112 Å². The summed E-state index contributed by atoms with van der Waals surface area (Å²) in [6, 6.07) is 9.25. The lowest BCUT2D eigenvalue weighted by Crippen LogP contribution is -2.36. The number of fused-ring (bicyclic) bond motifs is 1. The van der Waals surface area contributed by atoms with Crippen molar-refractivity contribution in [3.8, 4) is 5.75 Å². The van der Waals surface area contributed by atoms with Gasteiger partial charge in [-0.3, -0.25) is 4.79 Å². The van der Waals surface area contributed by atoms with Crippen LogP contribution in [-0.4, -0.2) is 76.0 Å². The van der Waals surface area contributed by atoms with Crippen molar-refractivity contribution in [3.05, 3.63) is 89.3 Å². The number of allylic oxidation sites excluding steroid dienone is 3. The van der Waals surface area contributed by atoms with Crippen LogP contribution in [-0.2, 0) is 22.7 Å². The van der Waals surface area contributed by atoms with Crippen LogP contribution in [0.25, 0.3) is 5.65 Å². The van der Waals surface area contributed by atoms with E-state index in [4.69, 9.17) is 9.84 Å². The average molecular weight is 540 g/mol. The number of carbonyl (C=O) groups excluding carboxylic acids is 3. The number of hydrogen-bond acceptors (Lipinski definition) is 9. The summed E-state index contributed by atoms with van der Waals surface area (Å²) < 4.78 is 6.79. The molecule has 0 saturated carbocycles. The molecule has 0 unspecified atom stereocenters. The molecule has 1 aromatic carbocycles. The number of carbonyl (C=O) groups is 1. The van der Waals surface area contributed by atoms with E-state index in [0.29, 0.717) is 42.2 Å². The number of nitrogens with zero attached hydrogens (tertiary/aromatic N) is 6. The van der Waals surface area contributed by atoms with E-state index < -0.39 is 11.9 Å². The first-order valence-electron chi connectivity index (χ1n) is 12.8. The Bertz CT molecular complexity index is 1590. The summed E-state index contributed by atoms with van der Waals surface area (Å²) in [5.74, 6) is 4.27. The van der Waals surface area contributed by atoms with Gasteiger partial charge in [0, 0.05) is 33.4 Å². The average Bonchev–Trinajstić information content (AvgIpc) is 3.56. The molecular formula is C29H29N7O4. The first-order valence-corrected chi connectivity index (χ1v) is 12.8. The maximum atomic E-state index is 13.4. The van der Waals surface area contributed by atoms with Crippen LogP contribution < -0.4 is 15.0 Å². The van der Waals surface area contributed by atoms with Crippen molar-refractivity contribution in [2.45, 2.75) is 25.6 Å². The van der Waals surface area contributed by atoms with Crippen LogP contribution in [0.4, 0.5) is 5.69 Å². The molecule has 1 amide bonds. The third kappa shape index (κ3) is 5.24. The van der Waals surface area contributed by atoms with Crippen molar-refractivity contribution < 1.29 is 19.1 Å². The van der Waals surface area contributed by atoms with Crippen LogP contribution in [0.1, 0.15) is 28.2 Å². The minimum Gasteiger partial charge on any atom is -0.497 e. The molecule has 1 atom stereocenters. The Morgan fingerprint density at radius 2 is 2.00 bits per heavy atom. The van der Waals surface area contributed by atoms with Gasteiger partial charge in [-0.05, 0) is 42.3 Å². The Labute approximate surface area is 231 Å². The van der Waals surface area contributed by atoms with E-state index in [2.05, 4.69) is 10.3 Å². The number of benzene rings is 1. The third-order valence-corrected chi connectivity index (χ3v) is 7.00. The number of anilines is 1. The minimum absolute atomic E-state index is 0.232. The number of rotatable bonds is 8. The second-order valence-electron chi connectivity index (χ2n) is 9.64. The Morgan fingerprint density at radius 3 is 2.73 bits per heavy atom. The minimum atomic E-state index is -0.438. The van der Waals surface area contributed by atoms with Crippen molar-refractivity contribution >= 4 is 29.1 Å². The summed E-state index contributed by atoms with van der Waals surface area (Å²) in [6.45, 7) is 1.48. The fourth-order valence-corrected chi connectivity index (χ4v) is 4.85. The summed E-state index contributed by atoms with van der Waals surface area (Å²) in [5, 5.41) is 7.66. The number of hydrogen-bond donors (Lipinski definition) is 1. The summed E-state index contributed by atoms with van der Waals surface area (Å²) in [4.78, 5) is 46.5. The molecule has 1 saturated heterocycles. The zero-order valence-corrected chi connectivity index (χ0v) is 22.5. The largest absolute Gasteiger partial charge is 0.497 e. The summed E-state index contributed by atoms with van der Waals surface area (Å²) in [5.41, 5.74) is 3.93. The number of amides is 1. The number of methoxy groups -OCH3 is 1. The molecule has 0 aliphatic carbocycles. The van der Waals surface area contributed by atoms with E-state index in [1.165, 1.54) is 10.7 Å². The molecule has 2 aliphatic heterocycles. The molecule has 0 bridgehead atoms. The number of likely N-dealkylation sites (tertiary alicyclic amines) is 1. The molecule has 40 heavy (non-hydrogen) atoms. The zero-order valence-electron chi connectivity index (χ0n) is 22.5. The second kappa shape index (κ2) is 11.3. The lowest BCUT2D eigenvalue weighted by Gasteiger charge is -2.24. The molecular weight excluding hydrogens is 510 g/mol. The van der Waals surface area contributed by atoms with Gasteiger partial charge in [0.1, 0.15) is 23.1 Å². The lowest BCUT2D eigenvalue weighted by molar-refractivity contribution is 0.0936. The van der Waals surface area contributed by atoms with Gasteiger partial charge in [-0.1, -0.05) is 18.2 Å². The van der Waals surface area contributed by atoms with Gasteiger partial charge >= 0.3 is 0 Å². The van der Waals surface area contributed by atoms with Gasteiger partial charge in [0.2, 0.25) is 0 Å². The summed E-state index contributed by atoms with van der Waals surface area (Å²) in [7, 11) is 5.36. The molecule has 3 aromatic rings. The highest BCUT2D eigenvalue weighted by molar-refractivity contribution is 5.94. The van der Waals surface area contributed by atoms with Gasteiger partial charge in [-0.15, -0.1) is 0 Å². The van der Waals surface area contributed by atoms with Crippen molar-refractivity contribution in [3.63, 3.8) is 0 Å². The highest BCUT2D eigenvalue weighted by atomic mass is 16.5. The fourth-order valence-electron chi connectivity index (χ4n) is 4.85. The zero-order chi connectivity index (χ0) is 28.2. The number of ether oxygens (including phenoxy) is 1. The van der Waals surface area contributed by atoms with Crippen molar-refractivity contribution in [2.24, 2.45) is 0 Å². The Kier molecular flexibility index (Phi) is 7.50. The lowest BCUT2D eigenvalue weighted by atomic mass is 10.2. The quantitative estimate of drug-likeness (QED) is 0.430. The number of aromatic nitrogens is 3. The van der Waals surface area contributed by atoms with Crippen LogP contribution in [0.15, 0.2) is 72.4 Å². The molecule has 2 aromatic heterocycles. The smallest absolute Gasteiger partial charge is 0.272 e. The number of likely N-dealkylation sites (N-methyl/N-ethyl adjacent to an activating group) is 1. The Morgan fingerprint density at radius 1 is 1.20 bits per heavy atom. The third-order valence-electron chi connectivity index (χ3n) is 7.00. The molecule has 5 rings (SSSR count). The highest BCUT2D eigenvalue weighted by Gasteiger charge is 2.29. The van der Waals surface area contributed by atoms with E-state index in [9.17, 15) is 14.4 Å². The van der Waals surface area contributed by atoms with Gasteiger partial charge < -0.3 is 24.8 Å². The molecule has 204 valence electrons. The standard InChI is InChI=1S/C29H29N7O4/c1-33-13-11-24(27(33)19-38)31-29(39)26-15-30-28-25(34(2)16-20-7-9-23(40-3)10-8-20)14-21(32-36(26)28)17-35-12-5-4-6-22(35)18-37/h4-10,12,14-15,24H,11,13,16-17H2,1-3H3,(H,31,39)/t24-/m1/s1. The van der Waals surface area contributed by atoms with Crippen LogP contribution in [0.2, 0.25) is 0 Å². The predicted octanol–water partition coefficient (Wildman–Crippen LogP) is 2.12. The van der Waals surface area contributed by atoms with Crippen molar-refractivity contribution in [2.75, 3.05) is 32.6 Å². The monoisotopic (exact) mass is 539 g/mol. The number of imidazole rings is 1. The van der Waals surface area contributed by atoms with E-state index in [1.54, 1.807) is 42.3 Å². The normalized spacial score (nSPS) is 16.3. The molecule has 0 spiro atoms. The van der Waals surface area contributed by atoms with Gasteiger partial charge in [0.15, 0.2) is 17.3 Å². The van der Waals surface area contributed by atoms with Crippen LogP contribution in [0.5, 0.6) is 5.75 Å². The van der Waals surface area contributed by atoms with Crippen molar-refractivity contribution in [1.29, 1.82) is 0 Å². The van der Waals surface area contributed by atoms with Crippen LogP contribution in [0, 0.1) is 0 Å². The Hall–Kier alpha value is -5.11. The number of nitrogens with one attached hydrogen (secondary N) is 1. The SMILES string of the molecule is COc1ccc(CN(C)c2cc(CN3C=CC=CC3=C=O)nn3c(C(=O)N[C@@H]4CCN(C)C4=C=O)cnc23)cc1. The second-order valence-corrected chi connectivity index (χ2v) is 9.64. The Balaban J connectivity index is 1.51. The maximum absolute atomic E-state index is 13.4. The van der Waals surface area contributed by atoms with E-state index in [1.807, 2.05) is 60.2 Å². The van der Waals surface area contributed by atoms with E-state index >= 15 is 0 Å². The molecule has 1 fully saturated rings. The molecule has 2 aliphatic rings. The van der Waals surface area contributed by atoms with Crippen molar-refractivity contribution in [1.82, 2.24) is 29.7 Å². The van der Waals surface area contributed by atoms with Gasteiger partial charge in [0.25, 0.3) is 5.91 Å².